The van der Waals surface area contributed by atoms with Crippen LogP contribution in [-0.2, 0) is 0 Å². The van der Waals surface area contributed by atoms with E-state index in [-0.39, 0.29) is 23.2 Å². The first kappa shape index (κ1) is 15.7. The molecule has 2 heterocycles. The van der Waals surface area contributed by atoms with Crippen LogP contribution < -0.4 is 16.0 Å². The third kappa shape index (κ3) is 3.95. The molecule has 1 aromatic rings. The summed E-state index contributed by atoms with van der Waals surface area (Å²) in [4.78, 5) is 12.2. The van der Waals surface area contributed by atoms with E-state index in [1.807, 2.05) is 0 Å². The second kappa shape index (κ2) is 5.45. The third-order valence-electron chi connectivity index (χ3n) is 4.11. The van der Waals surface area contributed by atoms with E-state index >= 15 is 0 Å². The normalized spacial score (nSPS) is 24.0. The fourth-order valence-corrected chi connectivity index (χ4v) is 4.43. The lowest BCUT2D eigenvalue weighted by Gasteiger charge is -2.46. The van der Waals surface area contributed by atoms with Crippen molar-refractivity contribution in [3.05, 3.63) is 5.01 Å². The maximum atomic E-state index is 12.2. The average molecular weight is 323 g/mol. The molecule has 7 heteroatoms. The quantitative estimate of drug-likeness (QED) is 0.799. The Balaban J connectivity index is 1.56. The van der Waals surface area contributed by atoms with Crippen LogP contribution in [-0.4, -0.2) is 33.3 Å². The van der Waals surface area contributed by atoms with Gasteiger partial charge in [-0.1, -0.05) is 11.3 Å². The predicted molar refractivity (Wildman–Crippen MR) is 88.4 cm³/mol. The van der Waals surface area contributed by atoms with E-state index in [1.54, 1.807) is 0 Å². The molecule has 122 valence electrons. The number of hydrogen-bond acceptors (Lipinski definition) is 5. The van der Waals surface area contributed by atoms with Crippen molar-refractivity contribution in [1.82, 2.24) is 20.8 Å². The number of anilines is 1. The van der Waals surface area contributed by atoms with Crippen molar-refractivity contribution < 1.29 is 4.79 Å². The zero-order valence-electron chi connectivity index (χ0n) is 13.7. The summed E-state index contributed by atoms with van der Waals surface area (Å²) in [6.45, 7) is 8.70. The topological polar surface area (TPSA) is 78.9 Å². The molecular formula is C15H25N5OS. The maximum absolute atomic E-state index is 12.2. The Morgan fingerprint density at radius 2 is 1.82 bits per heavy atom. The summed E-state index contributed by atoms with van der Waals surface area (Å²) in [7, 11) is 0. The molecule has 2 aliphatic rings. The molecule has 1 saturated carbocycles. The highest BCUT2D eigenvalue weighted by Crippen LogP contribution is 2.42. The molecule has 3 N–H and O–H groups in total. The molecule has 0 bridgehead atoms. The van der Waals surface area contributed by atoms with E-state index < -0.39 is 0 Å². The molecule has 1 aromatic heterocycles. The number of nitrogens with zero attached hydrogens (tertiary/aromatic N) is 2. The van der Waals surface area contributed by atoms with Crippen LogP contribution in [0.2, 0.25) is 0 Å². The zero-order valence-corrected chi connectivity index (χ0v) is 14.5. The van der Waals surface area contributed by atoms with Crippen molar-refractivity contribution in [1.29, 1.82) is 0 Å². The molecule has 0 aromatic carbocycles. The SMILES string of the molecule is CC1(C)CC(NC(=O)Nc2nnc(C3CC3)s2)CC(C)(C)N1. The minimum absolute atomic E-state index is 0.0155. The van der Waals surface area contributed by atoms with Crippen molar-refractivity contribution in [2.24, 2.45) is 0 Å². The van der Waals surface area contributed by atoms with Gasteiger partial charge in [0.25, 0.3) is 0 Å². The molecule has 2 fully saturated rings. The lowest BCUT2D eigenvalue weighted by molar-refractivity contribution is 0.149. The van der Waals surface area contributed by atoms with E-state index in [2.05, 4.69) is 53.8 Å². The van der Waals surface area contributed by atoms with Gasteiger partial charge in [-0.3, -0.25) is 5.32 Å². The van der Waals surface area contributed by atoms with Crippen LogP contribution in [0, 0.1) is 0 Å². The van der Waals surface area contributed by atoms with Gasteiger partial charge in [0.05, 0.1) is 0 Å². The number of amides is 2. The summed E-state index contributed by atoms with van der Waals surface area (Å²) in [6, 6.07) is -0.0286. The van der Waals surface area contributed by atoms with Gasteiger partial charge < -0.3 is 10.6 Å². The molecule has 1 aliphatic carbocycles. The monoisotopic (exact) mass is 323 g/mol. The number of piperidine rings is 1. The van der Waals surface area contributed by atoms with Gasteiger partial charge in [-0.15, -0.1) is 10.2 Å². The van der Waals surface area contributed by atoms with Gasteiger partial charge in [-0.05, 0) is 53.4 Å². The Kier molecular flexibility index (Phi) is 3.89. The second-order valence-electron chi connectivity index (χ2n) is 7.82. The highest BCUT2D eigenvalue weighted by Gasteiger charge is 2.38. The Bertz CT molecular complexity index is 548. The summed E-state index contributed by atoms with van der Waals surface area (Å²) >= 11 is 1.49. The molecule has 3 rings (SSSR count). The minimum Gasteiger partial charge on any atom is -0.335 e. The Morgan fingerprint density at radius 3 is 2.41 bits per heavy atom. The summed E-state index contributed by atoms with van der Waals surface area (Å²) in [5.41, 5.74) is 0.0309. The number of urea groups is 1. The molecule has 0 spiro atoms. The number of rotatable bonds is 3. The molecule has 1 saturated heterocycles. The lowest BCUT2D eigenvalue weighted by atomic mass is 9.80. The van der Waals surface area contributed by atoms with Gasteiger partial charge in [0.1, 0.15) is 5.01 Å². The van der Waals surface area contributed by atoms with Crippen LogP contribution in [0.1, 0.15) is 64.3 Å². The fraction of sp³-hybridized carbons (Fsp3) is 0.800. The van der Waals surface area contributed by atoms with E-state index in [0.29, 0.717) is 11.0 Å². The van der Waals surface area contributed by atoms with Gasteiger partial charge in [-0.2, -0.15) is 0 Å². The average Bonchev–Trinajstić information content (AvgIpc) is 3.06. The lowest BCUT2D eigenvalue weighted by Crippen LogP contribution is -2.62. The summed E-state index contributed by atoms with van der Waals surface area (Å²) in [5, 5.41) is 19.3. The third-order valence-corrected chi connectivity index (χ3v) is 5.11. The smallest absolute Gasteiger partial charge is 0.321 e. The van der Waals surface area contributed by atoms with Crippen molar-refractivity contribution in [3.63, 3.8) is 0 Å². The summed E-state index contributed by atoms with van der Waals surface area (Å²) in [6.07, 6.45) is 4.21. The van der Waals surface area contributed by atoms with Crippen molar-refractivity contribution in [2.45, 2.75) is 76.4 Å². The van der Waals surface area contributed by atoms with Crippen LogP contribution in [0.25, 0.3) is 0 Å². The van der Waals surface area contributed by atoms with Gasteiger partial charge in [0, 0.05) is 23.0 Å². The first-order chi connectivity index (χ1) is 10.2. The first-order valence-corrected chi connectivity index (χ1v) is 8.74. The number of hydrogen-bond donors (Lipinski definition) is 3. The van der Waals surface area contributed by atoms with Crippen LogP contribution in [0.5, 0.6) is 0 Å². The van der Waals surface area contributed by atoms with Crippen molar-refractivity contribution >= 4 is 22.5 Å². The van der Waals surface area contributed by atoms with Crippen LogP contribution in [0.3, 0.4) is 0 Å². The van der Waals surface area contributed by atoms with Crippen molar-refractivity contribution in [3.8, 4) is 0 Å². The molecule has 0 atom stereocenters. The Hall–Kier alpha value is -1.21. The number of carbonyl (C=O) groups excluding carboxylic acids is 1. The maximum Gasteiger partial charge on any atom is 0.321 e. The second-order valence-corrected chi connectivity index (χ2v) is 8.83. The number of carbonyl (C=O) groups is 1. The fourth-order valence-electron chi connectivity index (χ4n) is 3.52. The number of aromatic nitrogens is 2. The van der Waals surface area contributed by atoms with Gasteiger partial charge in [0.2, 0.25) is 5.13 Å². The molecule has 22 heavy (non-hydrogen) atoms. The summed E-state index contributed by atoms with van der Waals surface area (Å²) < 4.78 is 0. The van der Waals surface area contributed by atoms with Crippen molar-refractivity contribution in [2.75, 3.05) is 5.32 Å². The first-order valence-electron chi connectivity index (χ1n) is 7.93. The number of nitrogens with one attached hydrogen (secondary N) is 3. The van der Waals surface area contributed by atoms with Crippen LogP contribution in [0.4, 0.5) is 9.93 Å². The standard InChI is InChI=1S/C15H25N5OS/c1-14(2)7-10(8-15(3,4)20-14)16-12(21)17-13-19-18-11(22-13)9-5-6-9/h9-10,20H,5-8H2,1-4H3,(H2,16,17,19,21). The molecule has 6 nitrogen and oxygen atoms in total. The molecule has 0 radical (unpaired) electrons. The summed E-state index contributed by atoms with van der Waals surface area (Å²) in [5.74, 6) is 0.571. The van der Waals surface area contributed by atoms with Gasteiger partial charge in [0.15, 0.2) is 0 Å². The predicted octanol–water partition coefficient (Wildman–Crippen LogP) is 2.85. The van der Waals surface area contributed by atoms with Gasteiger partial charge >= 0.3 is 6.03 Å². The molecule has 1 aliphatic heterocycles. The van der Waals surface area contributed by atoms with E-state index in [9.17, 15) is 4.79 Å². The Morgan fingerprint density at radius 1 is 1.18 bits per heavy atom. The van der Waals surface area contributed by atoms with Gasteiger partial charge in [-0.25, -0.2) is 4.79 Å². The highest BCUT2D eigenvalue weighted by atomic mass is 32.1. The van der Waals surface area contributed by atoms with E-state index in [4.69, 9.17) is 0 Å². The van der Waals surface area contributed by atoms with E-state index in [1.165, 1.54) is 24.2 Å². The Labute approximate surface area is 135 Å². The van der Waals surface area contributed by atoms with Crippen LogP contribution >= 0.6 is 11.3 Å². The molecule has 0 unspecified atom stereocenters. The zero-order chi connectivity index (χ0) is 16.0. The highest BCUT2D eigenvalue weighted by molar-refractivity contribution is 7.15. The minimum atomic E-state index is -0.183. The van der Waals surface area contributed by atoms with E-state index in [0.717, 1.165) is 17.8 Å². The molecule has 2 amide bonds. The molecular weight excluding hydrogens is 298 g/mol. The largest absolute Gasteiger partial charge is 0.335 e. The van der Waals surface area contributed by atoms with Crippen LogP contribution in [0.15, 0.2) is 0 Å².